The van der Waals surface area contributed by atoms with Gasteiger partial charge in [-0.25, -0.2) is 4.68 Å². The van der Waals surface area contributed by atoms with Gasteiger partial charge >= 0.3 is 0 Å². The Morgan fingerprint density at radius 2 is 1.89 bits per heavy atom. The van der Waals surface area contributed by atoms with E-state index in [-0.39, 0.29) is 24.1 Å². The number of aromatic nitrogens is 4. The van der Waals surface area contributed by atoms with Crippen LogP contribution in [0.25, 0.3) is 10.8 Å². The van der Waals surface area contributed by atoms with Crippen molar-refractivity contribution in [1.82, 2.24) is 24.9 Å². The zero-order chi connectivity index (χ0) is 19.6. The predicted molar refractivity (Wildman–Crippen MR) is 102 cm³/mol. The molecule has 0 unspecified atom stereocenters. The first-order valence-electron chi connectivity index (χ1n) is 8.73. The summed E-state index contributed by atoms with van der Waals surface area (Å²) >= 11 is 0. The highest BCUT2D eigenvalue weighted by Gasteiger charge is 2.15. The molecule has 0 saturated heterocycles. The average molecular weight is 369 g/mol. The van der Waals surface area contributed by atoms with Crippen molar-refractivity contribution in [2.75, 3.05) is 7.11 Å². The highest BCUT2D eigenvalue weighted by atomic mass is 16.5. The molecule has 142 valence electrons. The van der Waals surface area contributed by atoms with E-state index >= 15 is 0 Å². The third kappa shape index (κ3) is 3.99. The van der Waals surface area contributed by atoms with Gasteiger partial charge in [-0.05, 0) is 39.0 Å². The minimum absolute atomic E-state index is 0.145. The number of benzene rings is 1. The summed E-state index contributed by atoms with van der Waals surface area (Å²) in [7, 11) is 1.49. The van der Waals surface area contributed by atoms with Crippen LogP contribution in [-0.4, -0.2) is 38.6 Å². The molecule has 1 N–H and O–H groups in total. The van der Waals surface area contributed by atoms with Gasteiger partial charge in [-0.2, -0.15) is 5.10 Å². The smallest absolute Gasteiger partial charge is 0.275 e. The van der Waals surface area contributed by atoms with Crippen LogP contribution in [0.2, 0.25) is 0 Å². The molecule has 0 bridgehead atoms. The monoisotopic (exact) mass is 369 g/mol. The number of methoxy groups -OCH3 is 1. The molecular weight excluding hydrogens is 346 g/mol. The van der Waals surface area contributed by atoms with Gasteiger partial charge in [-0.3, -0.25) is 14.3 Å². The van der Waals surface area contributed by atoms with Gasteiger partial charge in [0, 0.05) is 11.7 Å². The molecule has 27 heavy (non-hydrogen) atoms. The van der Waals surface area contributed by atoms with Crippen LogP contribution in [0, 0.1) is 13.8 Å². The third-order valence-electron chi connectivity index (χ3n) is 4.28. The van der Waals surface area contributed by atoms with E-state index in [0.717, 1.165) is 16.1 Å². The summed E-state index contributed by atoms with van der Waals surface area (Å²) < 4.78 is 8.25. The van der Waals surface area contributed by atoms with Crippen LogP contribution in [0.15, 0.2) is 35.1 Å². The fourth-order valence-corrected chi connectivity index (χ4v) is 3.08. The van der Waals surface area contributed by atoms with E-state index in [1.165, 1.54) is 7.11 Å². The Morgan fingerprint density at radius 1 is 1.19 bits per heavy atom. The molecule has 3 aromatic rings. The maximum absolute atomic E-state index is 12.6. The number of nitrogens with one attached hydrogen (secondary N) is 1. The van der Waals surface area contributed by atoms with Crippen molar-refractivity contribution in [3.05, 3.63) is 52.1 Å². The lowest BCUT2D eigenvalue weighted by Gasteiger charge is -2.16. The molecule has 0 spiro atoms. The van der Waals surface area contributed by atoms with Crippen molar-refractivity contribution in [3.8, 4) is 5.88 Å². The summed E-state index contributed by atoms with van der Waals surface area (Å²) in [5.74, 6) is 0.0182. The first-order valence-corrected chi connectivity index (χ1v) is 8.73. The van der Waals surface area contributed by atoms with Crippen molar-refractivity contribution < 1.29 is 9.53 Å². The molecule has 0 saturated carbocycles. The van der Waals surface area contributed by atoms with Crippen molar-refractivity contribution in [2.24, 2.45) is 0 Å². The van der Waals surface area contributed by atoms with Gasteiger partial charge in [0.1, 0.15) is 6.54 Å². The number of nitrogens with zero attached hydrogens (tertiary/aromatic N) is 4. The molecule has 3 rings (SSSR count). The summed E-state index contributed by atoms with van der Waals surface area (Å²) in [5, 5.41) is 12.5. The molecule has 0 radical (unpaired) electrons. The van der Waals surface area contributed by atoms with Gasteiger partial charge in [0.25, 0.3) is 5.56 Å². The zero-order valence-corrected chi connectivity index (χ0v) is 15.9. The molecule has 0 fully saturated rings. The third-order valence-corrected chi connectivity index (χ3v) is 4.28. The molecule has 8 heteroatoms. The second-order valence-electron chi connectivity index (χ2n) is 6.60. The highest BCUT2D eigenvalue weighted by Crippen LogP contribution is 2.19. The average Bonchev–Trinajstić information content (AvgIpc) is 2.94. The van der Waals surface area contributed by atoms with E-state index in [4.69, 9.17) is 4.74 Å². The maximum atomic E-state index is 12.6. The van der Waals surface area contributed by atoms with Crippen LogP contribution in [0.1, 0.15) is 18.3 Å². The van der Waals surface area contributed by atoms with Gasteiger partial charge in [0.05, 0.1) is 30.1 Å². The lowest BCUT2D eigenvalue weighted by molar-refractivity contribution is -0.122. The van der Waals surface area contributed by atoms with Crippen LogP contribution in [0.4, 0.5) is 0 Å². The first-order chi connectivity index (χ1) is 12.9. The van der Waals surface area contributed by atoms with E-state index in [2.05, 4.69) is 15.5 Å². The molecule has 2 heterocycles. The first kappa shape index (κ1) is 18.6. The number of rotatable bonds is 6. The maximum Gasteiger partial charge on any atom is 0.275 e. The molecular formula is C19H23N5O3. The van der Waals surface area contributed by atoms with Crippen molar-refractivity contribution in [2.45, 2.75) is 39.9 Å². The van der Waals surface area contributed by atoms with E-state index in [1.54, 1.807) is 18.2 Å². The van der Waals surface area contributed by atoms with Gasteiger partial charge in [0.15, 0.2) is 0 Å². The number of carbonyl (C=O) groups is 1. The van der Waals surface area contributed by atoms with E-state index in [0.29, 0.717) is 23.2 Å². The molecule has 2 aromatic heterocycles. The Balaban J connectivity index is 1.75. The second-order valence-corrected chi connectivity index (χ2v) is 6.60. The lowest BCUT2D eigenvalue weighted by Crippen LogP contribution is -2.40. The molecule has 0 aliphatic carbocycles. The van der Waals surface area contributed by atoms with Gasteiger partial charge < -0.3 is 10.1 Å². The number of carbonyl (C=O) groups excluding carboxylic acids is 1. The van der Waals surface area contributed by atoms with Crippen LogP contribution in [0.5, 0.6) is 5.88 Å². The van der Waals surface area contributed by atoms with Crippen LogP contribution in [0.3, 0.4) is 0 Å². The number of fused-ring (bicyclic) bond motifs is 1. The van der Waals surface area contributed by atoms with Gasteiger partial charge in [0.2, 0.25) is 11.8 Å². The van der Waals surface area contributed by atoms with Crippen molar-refractivity contribution in [3.63, 3.8) is 0 Å². The minimum Gasteiger partial charge on any atom is -0.480 e. The number of aryl methyl sites for hydroxylation is 2. The largest absolute Gasteiger partial charge is 0.480 e. The summed E-state index contributed by atoms with van der Waals surface area (Å²) in [6, 6.07) is 8.88. The fourth-order valence-electron chi connectivity index (χ4n) is 3.08. The molecule has 1 atom stereocenters. The zero-order valence-electron chi connectivity index (χ0n) is 15.9. The predicted octanol–water partition coefficient (Wildman–Crippen LogP) is 1.42. The number of amides is 1. The van der Waals surface area contributed by atoms with Gasteiger partial charge in [-0.15, -0.1) is 5.10 Å². The van der Waals surface area contributed by atoms with Crippen LogP contribution in [-0.2, 0) is 17.9 Å². The molecule has 0 aliphatic heterocycles. The van der Waals surface area contributed by atoms with E-state index in [1.807, 2.05) is 37.6 Å². The Morgan fingerprint density at radius 3 is 2.52 bits per heavy atom. The summed E-state index contributed by atoms with van der Waals surface area (Å²) in [4.78, 5) is 25.0. The number of hydrogen-bond acceptors (Lipinski definition) is 5. The van der Waals surface area contributed by atoms with Crippen LogP contribution < -0.4 is 15.6 Å². The summed E-state index contributed by atoms with van der Waals surface area (Å²) in [6.45, 7) is 6.17. The Labute approximate surface area is 156 Å². The number of ether oxygens (including phenoxy) is 1. The summed E-state index contributed by atoms with van der Waals surface area (Å²) in [5.41, 5.74) is 1.64. The van der Waals surface area contributed by atoms with Gasteiger partial charge in [-0.1, -0.05) is 12.1 Å². The molecule has 0 aliphatic rings. The Bertz CT molecular complexity index is 1040. The Kier molecular flexibility index (Phi) is 5.25. The van der Waals surface area contributed by atoms with Crippen molar-refractivity contribution in [1.29, 1.82) is 0 Å². The van der Waals surface area contributed by atoms with Crippen molar-refractivity contribution >= 4 is 16.7 Å². The molecule has 8 nitrogen and oxygen atoms in total. The minimum atomic E-state index is -0.326. The Hall–Kier alpha value is -3.16. The van der Waals surface area contributed by atoms with E-state index < -0.39 is 0 Å². The molecule has 1 aromatic carbocycles. The second kappa shape index (κ2) is 7.61. The standard InChI is InChI=1S/C19H23N5O3/c1-12-9-14(3)23(21-12)10-13(2)20-17(25)11-24-19(26)16-8-6-5-7-15(16)18(22-24)27-4/h5-9,13H,10-11H2,1-4H3,(H,20,25)/t13-/m1/s1. The topological polar surface area (TPSA) is 91.0 Å². The lowest BCUT2D eigenvalue weighted by atomic mass is 10.2. The van der Waals surface area contributed by atoms with E-state index in [9.17, 15) is 9.59 Å². The highest BCUT2D eigenvalue weighted by molar-refractivity contribution is 5.86. The quantitative estimate of drug-likeness (QED) is 0.710. The SMILES string of the molecule is COc1nn(CC(=O)N[C@H](C)Cn2nc(C)cc2C)c(=O)c2ccccc12. The fraction of sp³-hybridized carbons (Fsp3) is 0.368. The molecule has 1 amide bonds. The number of hydrogen-bond donors (Lipinski definition) is 1. The normalized spacial score (nSPS) is 12.1. The summed E-state index contributed by atoms with van der Waals surface area (Å²) in [6.07, 6.45) is 0. The van der Waals surface area contributed by atoms with Crippen LogP contribution >= 0.6 is 0 Å².